The lowest BCUT2D eigenvalue weighted by Gasteiger charge is -2.35. The molecular formula is C31H44N6O4SSi. The summed E-state index contributed by atoms with van der Waals surface area (Å²) in [5.74, 6) is 0.948. The van der Waals surface area contributed by atoms with Gasteiger partial charge in [0.1, 0.15) is 23.8 Å². The third kappa shape index (κ3) is 6.17. The highest BCUT2D eigenvalue weighted by Crippen LogP contribution is 2.47. The van der Waals surface area contributed by atoms with E-state index in [-0.39, 0.29) is 11.7 Å². The van der Waals surface area contributed by atoms with Gasteiger partial charge >= 0.3 is 0 Å². The zero-order valence-electron chi connectivity index (χ0n) is 26.5. The largest absolute Gasteiger partial charge is 0.493 e. The van der Waals surface area contributed by atoms with Gasteiger partial charge in [0.15, 0.2) is 17.2 Å². The number of pyridine rings is 1. The maximum atomic E-state index is 6.27. The highest BCUT2D eigenvalue weighted by molar-refractivity contribution is 7.15. The van der Waals surface area contributed by atoms with Crippen LogP contribution < -0.4 is 4.74 Å². The van der Waals surface area contributed by atoms with Gasteiger partial charge in [-0.05, 0) is 43.7 Å². The lowest BCUT2D eigenvalue weighted by molar-refractivity contribution is -0.178. The molecule has 0 amide bonds. The zero-order chi connectivity index (χ0) is 30.4. The van der Waals surface area contributed by atoms with Crippen molar-refractivity contribution in [1.29, 1.82) is 0 Å². The van der Waals surface area contributed by atoms with Gasteiger partial charge in [-0.2, -0.15) is 10.2 Å². The molecule has 1 spiro atoms. The average molecular weight is 625 g/mol. The Labute approximate surface area is 258 Å². The number of methoxy groups -OCH3 is 1. The molecule has 43 heavy (non-hydrogen) atoms. The number of hydrogen-bond donors (Lipinski definition) is 0. The molecule has 0 N–H and O–H groups in total. The number of rotatable bonds is 10. The van der Waals surface area contributed by atoms with Gasteiger partial charge in [0, 0.05) is 49.7 Å². The summed E-state index contributed by atoms with van der Waals surface area (Å²) in [6.45, 7) is 16.2. The average Bonchev–Trinajstić information content (AvgIpc) is 3.76. The minimum atomic E-state index is -1.23. The van der Waals surface area contributed by atoms with Gasteiger partial charge < -0.3 is 18.9 Å². The highest BCUT2D eigenvalue weighted by Gasteiger charge is 2.41. The minimum absolute atomic E-state index is 0.192. The van der Waals surface area contributed by atoms with E-state index in [2.05, 4.69) is 50.5 Å². The Hall–Kier alpha value is -2.64. The predicted octanol–water partition coefficient (Wildman–Crippen LogP) is 6.87. The third-order valence-electron chi connectivity index (χ3n) is 8.58. The van der Waals surface area contributed by atoms with Crippen LogP contribution >= 0.6 is 11.3 Å². The van der Waals surface area contributed by atoms with Crippen LogP contribution in [-0.2, 0) is 20.9 Å². The second kappa shape index (κ2) is 12.0. The number of hydrogen-bond acceptors (Lipinski definition) is 9. The normalized spacial score (nSPS) is 17.6. The molecule has 1 aliphatic carbocycles. The number of thiazole rings is 1. The molecule has 1 aliphatic heterocycles. The van der Waals surface area contributed by atoms with Crippen LogP contribution in [0.5, 0.6) is 5.75 Å². The van der Waals surface area contributed by atoms with Gasteiger partial charge in [0.25, 0.3) is 0 Å². The molecule has 2 aliphatic rings. The molecule has 12 heteroatoms. The number of aromatic nitrogens is 6. The summed E-state index contributed by atoms with van der Waals surface area (Å²) in [6, 6.07) is 3.12. The van der Waals surface area contributed by atoms with Gasteiger partial charge in [-0.3, -0.25) is 0 Å². The van der Waals surface area contributed by atoms with Crippen molar-refractivity contribution < 1.29 is 18.9 Å². The van der Waals surface area contributed by atoms with Crippen molar-refractivity contribution in [3.05, 3.63) is 34.7 Å². The van der Waals surface area contributed by atoms with E-state index in [1.807, 2.05) is 16.9 Å². The van der Waals surface area contributed by atoms with Crippen LogP contribution in [0.1, 0.15) is 67.5 Å². The first kappa shape index (κ1) is 30.4. The van der Waals surface area contributed by atoms with Crippen LogP contribution in [-0.4, -0.2) is 70.2 Å². The molecule has 0 aromatic carbocycles. The molecule has 1 saturated heterocycles. The minimum Gasteiger partial charge on any atom is -0.493 e. The first-order chi connectivity index (χ1) is 20.6. The maximum absolute atomic E-state index is 6.27. The topological polar surface area (TPSA) is 97.8 Å². The fraction of sp³-hybridized carbons (Fsp3) is 0.613. The smallest absolute Gasteiger partial charge is 0.197 e. The van der Waals surface area contributed by atoms with Crippen molar-refractivity contribution in [3.8, 4) is 27.7 Å². The molecule has 4 aromatic rings. The highest BCUT2D eigenvalue weighted by atomic mass is 32.1. The van der Waals surface area contributed by atoms with Gasteiger partial charge in [-0.25, -0.2) is 19.2 Å². The summed E-state index contributed by atoms with van der Waals surface area (Å²) >= 11 is 1.79. The summed E-state index contributed by atoms with van der Waals surface area (Å²) in [5.41, 5.74) is 5.79. The fourth-order valence-electron chi connectivity index (χ4n) is 6.28. The molecule has 0 atom stereocenters. The van der Waals surface area contributed by atoms with Gasteiger partial charge in [-0.1, -0.05) is 33.5 Å². The number of nitrogens with zero attached hydrogens (tertiary/aromatic N) is 6. The van der Waals surface area contributed by atoms with E-state index in [9.17, 15) is 0 Å². The second-order valence-electron chi connectivity index (χ2n) is 13.3. The Bertz CT molecular complexity index is 1570. The standard InChI is InChI=1S/C31H44N6O4SSi/c1-20(2)25-26(30-34-21(3)28(42-30)22-8-10-31(11-9-22)40-12-13-41-31)35-37(19-39-14-15-43(5,6)7)27(25)23-16-24(38-4)29-32-18-33-36(29)17-23/h16-18,20,22H,8-15,19H2,1-7H3. The summed E-state index contributed by atoms with van der Waals surface area (Å²) in [5, 5.41) is 10.6. The van der Waals surface area contributed by atoms with Gasteiger partial charge in [-0.15, -0.1) is 11.3 Å². The van der Waals surface area contributed by atoms with Crippen LogP contribution in [0.2, 0.25) is 25.7 Å². The summed E-state index contributed by atoms with van der Waals surface area (Å²) < 4.78 is 27.7. The Morgan fingerprint density at radius 2 is 1.91 bits per heavy atom. The van der Waals surface area contributed by atoms with E-state index < -0.39 is 8.07 Å². The predicted molar refractivity (Wildman–Crippen MR) is 171 cm³/mol. The van der Waals surface area contributed by atoms with E-state index in [0.717, 1.165) is 64.9 Å². The second-order valence-corrected chi connectivity index (χ2v) is 19.9. The van der Waals surface area contributed by atoms with Crippen LogP contribution in [0.4, 0.5) is 0 Å². The van der Waals surface area contributed by atoms with E-state index in [4.69, 9.17) is 29.0 Å². The molecule has 0 radical (unpaired) electrons. The van der Waals surface area contributed by atoms with Gasteiger partial charge in [0.05, 0.1) is 31.7 Å². The molecule has 232 valence electrons. The van der Waals surface area contributed by atoms with Crippen molar-refractivity contribution in [2.45, 2.75) is 96.5 Å². The molecule has 4 aromatic heterocycles. The van der Waals surface area contributed by atoms with E-state index >= 15 is 0 Å². The van der Waals surface area contributed by atoms with Crippen molar-refractivity contribution >= 4 is 25.1 Å². The summed E-state index contributed by atoms with van der Waals surface area (Å²) in [7, 11) is 0.435. The molecule has 5 heterocycles. The van der Waals surface area contributed by atoms with E-state index in [1.54, 1.807) is 29.3 Å². The monoisotopic (exact) mass is 624 g/mol. The van der Waals surface area contributed by atoms with Crippen LogP contribution in [0.25, 0.3) is 27.6 Å². The van der Waals surface area contributed by atoms with Crippen molar-refractivity contribution in [3.63, 3.8) is 0 Å². The molecular weight excluding hydrogens is 581 g/mol. The SMILES string of the molecule is COc1cc(-c2c(C(C)C)c(-c3nc(C)c(C4CCC5(CC4)OCCO5)s3)nn2COCC[Si](C)(C)C)cn2ncnc12. The van der Waals surface area contributed by atoms with Gasteiger partial charge in [0.2, 0.25) is 0 Å². The lowest BCUT2D eigenvalue weighted by atomic mass is 9.84. The van der Waals surface area contributed by atoms with Crippen LogP contribution in [0.15, 0.2) is 18.6 Å². The number of ether oxygens (including phenoxy) is 4. The molecule has 6 rings (SSSR count). The quantitative estimate of drug-likeness (QED) is 0.139. The molecule has 2 fully saturated rings. The first-order valence-electron chi connectivity index (χ1n) is 15.4. The van der Waals surface area contributed by atoms with Crippen molar-refractivity contribution in [1.82, 2.24) is 29.4 Å². The summed E-state index contributed by atoms with van der Waals surface area (Å²) in [4.78, 5) is 10.9. The molecule has 0 unspecified atom stereocenters. The lowest BCUT2D eigenvalue weighted by Crippen LogP contribution is -2.34. The Kier molecular flexibility index (Phi) is 8.51. The Morgan fingerprint density at radius 1 is 1.16 bits per heavy atom. The Morgan fingerprint density at radius 3 is 2.58 bits per heavy atom. The number of aryl methyl sites for hydroxylation is 1. The maximum Gasteiger partial charge on any atom is 0.197 e. The zero-order valence-corrected chi connectivity index (χ0v) is 28.3. The first-order valence-corrected chi connectivity index (χ1v) is 19.9. The van der Waals surface area contributed by atoms with E-state index in [1.165, 1.54) is 4.88 Å². The fourth-order valence-corrected chi connectivity index (χ4v) is 8.27. The van der Waals surface area contributed by atoms with Crippen molar-refractivity contribution in [2.75, 3.05) is 26.9 Å². The molecule has 0 bridgehead atoms. The van der Waals surface area contributed by atoms with Crippen molar-refractivity contribution in [2.24, 2.45) is 0 Å². The third-order valence-corrected chi connectivity index (χ3v) is 11.6. The van der Waals surface area contributed by atoms with Crippen LogP contribution in [0, 0.1) is 6.92 Å². The number of fused-ring (bicyclic) bond motifs is 1. The molecule has 10 nitrogen and oxygen atoms in total. The molecule has 1 saturated carbocycles. The van der Waals surface area contributed by atoms with E-state index in [0.29, 0.717) is 43.9 Å². The Balaban J connectivity index is 1.39. The summed E-state index contributed by atoms with van der Waals surface area (Å²) in [6.07, 6.45) is 7.50. The van der Waals surface area contributed by atoms with Crippen LogP contribution in [0.3, 0.4) is 0 Å².